The molecule has 0 saturated carbocycles. The van der Waals surface area contributed by atoms with Crippen LogP contribution in [-0.2, 0) is 16.4 Å². The molecular weight excluding hydrogens is 292 g/mol. The van der Waals surface area contributed by atoms with Crippen LogP contribution in [0, 0.1) is 0 Å². The maximum atomic E-state index is 11.9. The van der Waals surface area contributed by atoms with Gasteiger partial charge in [-0.15, -0.1) is 0 Å². The molecule has 6 heteroatoms. The first-order chi connectivity index (χ1) is 7.54. The quantitative estimate of drug-likeness (QED) is 0.894. The summed E-state index contributed by atoms with van der Waals surface area (Å²) in [5, 5.41) is 3.17. The van der Waals surface area contributed by atoms with E-state index in [1.54, 1.807) is 13.0 Å². The molecule has 0 fully saturated rings. The lowest BCUT2D eigenvalue weighted by molar-refractivity contribution is 0.583. The van der Waals surface area contributed by atoms with Gasteiger partial charge in [0.1, 0.15) is 0 Å². The van der Waals surface area contributed by atoms with E-state index in [4.69, 9.17) is 0 Å². The molecule has 1 aromatic carbocycles. The van der Waals surface area contributed by atoms with Crippen LogP contribution in [-0.4, -0.2) is 21.5 Å². The molecule has 1 heterocycles. The van der Waals surface area contributed by atoms with E-state index in [1.165, 1.54) is 0 Å². The van der Waals surface area contributed by atoms with Gasteiger partial charge in [-0.25, -0.2) is 13.1 Å². The molecule has 1 aliphatic rings. The minimum Gasteiger partial charge on any atom is -0.384 e. The highest BCUT2D eigenvalue weighted by atomic mass is 79.9. The van der Waals surface area contributed by atoms with E-state index in [0.29, 0.717) is 15.9 Å². The average molecular weight is 305 g/mol. The summed E-state index contributed by atoms with van der Waals surface area (Å²) in [6, 6.07) is 3.56. The number of hydrogen-bond acceptors (Lipinski definition) is 3. The molecule has 0 atom stereocenters. The zero-order chi connectivity index (χ0) is 11.8. The van der Waals surface area contributed by atoms with Crippen LogP contribution in [0.1, 0.15) is 12.5 Å². The van der Waals surface area contributed by atoms with Crippen LogP contribution < -0.4 is 10.0 Å². The fourth-order valence-corrected chi connectivity index (χ4v) is 3.93. The van der Waals surface area contributed by atoms with Gasteiger partial charge in [-0.1, -0.05) is 6.92 Å². The second kappa shape index (κ2) is 4.35. The Hall–Kier alpha value is -0.590. The maximum Gasteiger partial charge on any atom is 0.241 e. The normalized spacial score (nSPS) is 14.6. The number of sulfonamides is 1. The first-order valence-corrected chi connectivity index (χ1v) is 7.38. The van der Waals surface area contributed by atoms with Gasteiger partial charge in [0.2, 0.25) is 10.0 Å². The Bertz CT molecular complexity index is 514. The zero-order valence-electron chi connectivity index (χ0n) is 8.88. The van der Waals surface area contributed by atoms with Gasteiger partial charge in [-0.3, -0.25) is 0 Å². The lowest BCUT2D eigenvalue weighted by Crippen LogP contribution is -2.23. The average Bonchev–Trinajstić information content (AvgIpc) is 2.63. The van der Waals surface area contributed by atoms with Crippen LogP contribution in [0.3, 0.4) is 0 Å². The highest BCUT2D eigenvalue weighted by Crippen LogP contribution is 2.31. The van der Waals surface area contributed by atoms with Gasteiger partial charge in [-0.05, 0) is 40.0 Å². The van der Waals surface area contributed by atoms with Crippen molar-refractivity contribution in [3.05, 3.63) is 22.2 Å². The molecule has 0 radical (unpaired) electrons. The molecule has 0 aromatic heterocycles. The Morgan fingerprint density at radius 2 is 2.25 bits per heavy atom. The van der Waals surface area contributed by atoms with Crippen LogP contribution in [0.15, 0.2) is 21.5 Å². The summed E-state index contributed by atoms with van der Waals surface area (Å²) in [5.41, 5.74) is 2.07. The first-order valence-electron chi connectivity index (χ1n) is 5.10. The maximum absolute atomic E-state index is 11.9. The monoisotopic (exact) mass is 304 g/mol. The minimum absolute atomic E-state index is 0.294. The van der Waals surface area contributed by atoms with Gasteiger partial charge in [0.25, 0.3) is 0 Å². The van der Waals surface area contributed by atoms with Crippen LogP contribution in [0.4, 0.5) is 5.69 Å². The number of fused-ring (bicyclic) bond motifs is 1. The van der Waals surface area contributed by atoms with Crippen molar-refractivity contribution in [1.82, 2.24) is 4.72 Å². The second-order valence-electron chi connectivity index (χ2n) is 3.62. The highest BCUT2D eigenvalue weighted by molar-refractivity contribution is 9.10. The van der Waals surface area contributed by atoms with E-state index in [0.717, 1.165) is 24.2 Å². The van der Waals surface area contributed by atoms with Crippen molar-refractivity contribution in [2.45, 2.75) is 18.2 Å². The molecule has 0 amide bonds. The molecule has 0 aliphatic carbocycles. The largest absolute Gasteiger partial charge is 0.384 e. The van der Waals surface area contributed by atoms with E-state index < -0.39 is 10.0 Å². The molecule has 4 nitrogen and oxygen atoms in total. The highest BCUT2D eigenvalue weighted by Gasteiger charge is 2.21. The molecule has 0 saturated heterocycles. The third-order valence-corrected chi connectivity index (χ3v) is 5.00. The predicted molar refractivity (Wildman–Crippen MR) is 67.2 cm³/mol. The van der Waals surface area contributed by atoms with Crippen molar-refractivity contribution in [3.63, 3.8) is 0 Å². The van der Waals surface area contributed by atoms with Crippen molar-refractivity contribution in [1.29, 1.82) is 0 Å². The van der Waals surface area contributed by atoms with E-state index in [1.807, 2.05) is 6.07 Å². The fraction of sp³-hybridized carbons (Fsp3) is 0.400. The standard InChI is InChI=1S/C10H13BrN2O2S/c1-2-13-16(14,15)10-6-9-7(3-4-12-9)5-8(10)11/h5-6,12-13H,2-4H2,1H3. The molecule has 1 aliphatic heterocycles. The Kier molecular flexibility index (Phi) is 3.23. The van der Waals surface area contributed by atoms with Crippen LogP contribution in [0.2, 0.25) is 0 Å². The van der Waals surface area contributed by atoms with E-state index in [9.17, 15) is 8.42 Å². The summed E-state index contributed by atoms with van der Waals surface area (Å²) in [5.74, 6) is 0. The Balaban J connectivity index is 2.50. The summed E-state index contributed by atoms with van der Waals surface area (Å²) in [6.45, 7) is 3.02. The van der Waals surface area contributed by atoms with E-state index in [2.05, 4.69) is 26.0 Å². The number of anilines is 1. The fourth-order valence-electron chi connectivity index (χ4n) is 1.77. The van der Waals surface area contributed by atoms with Crippen molar-refractivity contribution in [2.75, 3.05) is 18.4 Å². The van der Waals surface area contributed by atoms with Gasteiger partial charge in [0.15, 0.2) is 0 Å². The van der Waals surface area contributed by atoms with Gasteiger partial charge >= 0.3 is 0 Å². The van der Waals surface area contributed by atoms with Crippen molar-refractivity contribution in [2.24, 2.45) is 0 Å². The molecule has 0 spiro atoms. The van der Waals surface area contributed by atoms with Crippen LogP contribution >= 0.6 is 15.9 Å². The lowest BCUT2D eigenvalue weighted by atomic mass is 10.2. The number of nitrogens with one attached hydrogen (secondary N) is 2. The molecular formula is C10H13BrN2O2S. The molecule has 2 N–H and O–H groups in total. The number of hydrogen-bond donors (Lipinski definition) is 2. The summed E-state index contributed by atoms with van der Waals surface area (Å²) in [7, 11) is -3.40. The number of rotatable bonds is 3. The van der Waals surface area contributed by atoms with Gasteiger partial charge in [0, 0.05) is 23.2 Å². The summed E-state index contributed by atoms with van der Waals surface area (Å²) in [4.78, 5) is 0.294. The second-order valence-corrected chi connectivity index (χ2v) is 6.21. The van der Waals surface area contributed by atoms with Crippen molar-refractivity contribution < 1.29 is 8.42 Å². The van der Waals surface area contributed by atoms with Gasteiger partial charge < -0.3 is 5.32 Å². The summed E-state index contributed by atoms with van der Waals surface area (Å²) < 4.78 is 26.9. The number of benzene rings is 1. The Morgan fingerprint density at radius 1 is 1.50 bits per heavy atom. The Labute approximate surface area is 104 Å². The third-order valence-electron chi connectivity index (χ3n) is 2.49. The SMILES string of the molecule is CCNS(=O)(=O)c1cc2c(cc1Br)CCN2. The predicted octanol–water partition coefficient (Wildman–Crippen LogP) is 1.72. The summed E-state index contributed by atoms with van der Waals surface area (Å²) >= 11 is 3.31. The van der Waals surface area contributed by atoms with Crippen LogP contribution in [0.25, 0.3) is 0 Å². The molecule has 0 bridgehead atoms. The van der Waals surface area contributed by atoms with Gasteiger partial charge in [0.05, 0.1) is 4.90 Å². The zero-order valence-corrected chi connectivity index (χ0v) is 11.3. The van der Waals surface area contributed by atoms with Crippen LogP contribution in [0.5, 0.6) is 0 Å². The van der Waals surface area contributed by atoms with Gasteiger partial charge in [-0.2, -0.15) is 0 Å². The first kappa shape index (κ1) is 11.9. The lowest BCUT2D eigenvalue weighted by Gasteiger charge is -2.09. The summed E-state index contributed by atoms with van der Waals surface area (Å²) in [6.07, 6.45) is 0.940. The van der Waals surface area contributed by atoms with Crippen molar-refractivity contribution >= 4 is 31.6 Å². The van der Waals surface area contributed by atoms with E-state index >= 15 is 0 Å². The molecule has 2 rings (SSSR count). The topological polar surface area (TPSA) is 58.2 Å². The Morgan fingerprint density at radius 3 is 2.94 bits per heavy atom. The van der Waals surface area contributed by atoms with Crippen molar-refractivity contribution in [3.8, 4) is 0 Å². The molecule has 1 aromatic rings. The number of halogens is 1. The molecule has 16 heavy (non-hydrogen) atoms. The third kappa shape index (κ3) is 2.09. The smallest absolute Gasteiger partial charge is 0.241 e. The van der Waals surface area contributed by atoms with E-state index in [-0.39, 0.29) is 0 Å². The molecule has 0 unspecified atom stereocenters. The minimum atomic E-state index is -3.40. The molecule has 88 valence electrons.